The Hall–Kier alpha value is -2.49. The van der Waals surface area contributed by atoms with Crippen LogP contribution in [0.4, 0.5) is 0 Å². The molecule has 2 aromatic carbocycles. The molecule has 114 valence electrons. The molecule has 22 heavy (non-hydrogen) atoms. The minimum atomic E-state index is -0.409. The molecule has 0 saturated heterocycles. The van der Waals surface area contributed by atoms with Gasteiger partial charge < -0.3 is 14.8 Å². The molecule has 0 saturated carbocycles. The fourth-order valence-corrected chi connectivity index (χ4v) is 2.56. The van der Waals surface area contributed by atoms with Gasteiger partial charge in [-0.25, -0.2) is 0 Å². The summed E-state index contributed by atoms with van der Waals surface area (Å²) in [6.07, 6.45) is 1.02. The zero-order chi connectivity index (χ0) is 15.4. The predicted octanol–water partition coefficient (Wildman–Crippen LogP) is 2.36. The molecule has 1 amide bonds. The first-order valence-corrected chi connectivity index (χ1v) is 7.41. The number of benzene rings is 2. The molecule has 0 unspecified atom stereocenters. The summed E-state index contributed by atoms with van der Waals surface area (Å²) in [5.74, 6) is 1.60. The SMILES string of the molecule is COc1ccc(CCNC(=O)[C@@H]2Cc3ccccc3O2)cc1. The van der Waals surface area contributed by atoms with E-state index in [1.165, 1.54) is 0 Å². The van der Waals surface area contributed by atoms with Crippen LogP contribution in [0.15, 0.2) is 48.5 Å². The van der Waals surface area contributed by atoms with E-state index in [-0.39, 0.29) is 5.91 Å². The topological polar surface area (TPSA) is 47.6 Å². The fraction of sp³-hybridized carbons (Fsp3) is 0.278. The van der Waals surface area contributed by atoms with Gasteiger partial charge in [0.05, 0.1) is 7.11 Å². The van der Waals surface area contributed by atoms with Gasteiger partial charge in [-0.3, -0.25) is 4.79 Å². The maximum Gasteiger partial charge on any atom is 0.261 e. The molecule has 1 aliphatic rings. The van der Waals surface area contributed by atoms with Gasteiger partial charge in [0.15, 0.2) is 6.10 Å². The highest BCUT2D eigenvalue weighted by Gasteiger charge is 2.28. The predicted molar refractivity (Wildman–Crippen MR) is 84.3 cm³/mol. The normalized spacial score (nSPS) is 15.8. The van der Waals surface area contributed by atoms with Gasteiger partial charge in [0.25, 0.3) is 5.91 Å². The number of hydrogen-bond donors (Lipinski definition) is 1. The molecule has 0 aromatic heterocycles. The lowest BCUT2D eigenvalue weighted by molar-refractivity contribution is -0.127. The molecule has 0 spiro atoms. The second kappa shape index (κ2) is 6.52. The third kappa shape index (κ3) is 3.22. The molecule has 3 rings (SSSR count). The number of fused-ring (bicyclic) bond motifs is 1. The quantitative estimate of drug-likeness (QED) is 0.921. The Morgan fingerprint density at radius 3 is 2.73 bits per heavy atom. The molecule has 1 heterocycles. The number of nitrogens with one attached hydrogen (secondary N) is 1. The summed E-state index contributed by atoms with van der Waals surface area (Å²) in [5, 5.41) is 2.94. The van der Waals surface area contributed by atoms with E-state index in [1.807, 2.05) is 48.5 Å². The first kappa shape index (κ1) is 14.4. The zero-order valence-corrected chi connectivity index (χ0v) is 12.5. The highest BCUT2D eigenvalue weighted by atomic mass is 16.5. The van der Waals surface area contributed by atoms with Crippen LogP contribution in [0.5, 0.6) is 11.5 Å². The average Bonchev–Trinajstić information content (AvgIpc) is 2.99. The first-order chi connectivity index (χ1) is 10.8. The number of amides is 1. The summed E-state index contributed by atoms with van der Waals surface area (Å²) in [6, 6.07) is 15.6. The molecule has 0 aliphatic carbocycles. The lowest BCUT2D eigenvalue weighted by atomic mass is 10.1. The summed E-state index contributed by atoms with van der Waals surface area (Å²) < 4.78 is 10.8. The summed E-state index contributed by atoms with van der Waals surface area (Å²) in [6.45, 7) is 0.599. The summed E-state index contributed by atoms with van der Waals surface area (Å²) in [5.41, 5.74) is 2.26. The minimum Gasteiger partial charge on any atom is -0.497 e. The van der Waals surface area contributed by atoms with Crippen LogP contribution in [-0.4, -0.2) is 25.7 Å². The number of para-hydroxylation sites is 1. The van der Waals surface area contributed by atoms with Crippen molar-refractivity contribution in [3.05, 3.63) is 59.7 Å². The van der Waals surface area contributed by atoms with Crippen molar-refractivity contribution in [2.75, 3.05) is 13.7 Å². The number of ether oxygens (including phenoxy) is 2. The molecule has 0 bridgehead atoms. The van der Waals surface area contributed by atoms with Crippen LogP contribution in [0.2, 0.25) is 0 Å². The third-order valence-electron chi connectivity index (χ3n) is 3.81. The average molecular weight is 297 g/mol. The van der Waals surface area contributed by atoms with Crippen LogP contribution >= 0.6 is 0 Å². The van der Waals surface area contributed by atoms with Crippen molar-refractivity contribution in [2.24, 2.45) is 0 Å². The minimum absolute atomic E-state index is 0.0512. The monoisotopic (exact) mass is 297 g/mol. The molecule has 0 fully saturated rings. The second-order valence-electron chi connectivity index (χ2n) is 5.31. The Bertz CT molecular complexity index is 627. The van der Waals surface area contributed by atoms with E-state index in [1.54, 1.807) is 7.11 Å². The largest absolute Gasteiger partial charge is 0.497 e. The Morgan fingerprint density at radius 1 is 1.23 bits per heavy atom. The van der Waals surface area contributed by atoms with Gasteiger partial charge in [-0.05, 0) is 35.7 Å². The number of carbonyl (C=O) groups is 1. The highest BCUT2D eigenvalue weighted by Crippen LogP contribution is 2.28. The van der Waals surface area contributed by atoms with Crippen molar-refractivity contribution in [3.8, 4) is 11.5 Å². The summed E-state index contributed by atoms with van der Waals surface area (Å²) in [4.78, 5) is 12.1. The molecule has 1 N–H and O–H groups in total. The molecule has 1 aliphatic heterocycles. The number of hydrogen-bond acceptors (Lipinski definition) is 3. The second-order valence-corrected chi connectivity index (χ2v) is 5.31. The Labute approximate surface area is 130 Å². The van der Waals surface area contributed by atoms with Gasteiger partial charge >= 0.3 is 0 Å². The van der Waals surface area contributed by atoms with E-state index in [9.17, 15) is 4.79 Å². The third-order valence-corrected chi connectivity index (χ3v) is 3.81. The van der Waals surface area contributed by atoms with Gasteiger partial charge in [-0.2, -0.15) is 0 Å². The molecule has 1 atom stereocenters. The lowest BCUT2D eigenvalue weighted by Crippen LogP contribution is -2.38. The Balaban J connectivity index is 1.47. The van der Waals surface area contributed by atoms with Crippen LogP contribution < -0.4 is 14.8 Å². The fourth-order valence-electron chi connectivity index (χ4n) is 2.56. The van der Waals surface area contributed by atoms with E-state index in [0.717, 1.165) is 29.0 Å². The molecule has 0 radical (unpaired) electrons. The van der Waals surface area contributed by atoms with E-state index < -0.39 is 6.10 Å². The Kier molecular flexibility index (Phi) is 4.28. The number of rotatable bonds is 5. The molecule has 4 heteroatoms. The van der Waals surface area contributed by atoms with E-state index >= 15 is 0 Å². The lowest BCUT2D eigenvalue weighted by Gasteiger charge is -2.11. The van der Waals surface area contributed by atoms with Gasteiger partial charge in [-0.15, -0.1) is 0 Å². The van der Waals surface area contributed by atoms with E-state index in [0.29, 0.717) is 13.0 Å². The smallest absolute Gasteiger partial charge is 0.261 e. The number of carbonyl (C=O) groups excluding carboxylic acids is 1. The maximum absolute atomic E-state index is 12.1. The van der Waals surface area contributed by atoms with Crippen molar-refractivity contribution in [2.45, 2.75) is 18.9 Å². The van der Waals surface area contributed by atoms with Crippen molar-refractivity contribution in [1.29, 1.82) is 0 Å². The summed E-state index contributed by atoms with van der Waals surface area (Å²) in [7, 11) is 1.65. The van der Waals surface area contributed by atoms with Gasteiger partial charge in [0.2, 0.25) is 0 Å². The van der Waals surface area contributed by atoms with Crippen molar-refractivity contribution >= 4 is 5.91 Å². The van der Waals surface area contributed by atoms with Crippen molar-refractivity contribution < 1.29 is 14.3 Å². The van der Waals surface area contributed by atoms with Crippen molar-refractivity contribution in [3.63, 3.8) is 0 Å². The van der Waals surface area contributed by atoms with Gasteiger partial charge in [0, 0.05) is 13.0 Å². The van der Waals surface area contributed by atoms with Crippen molar-refractivity contribution in [1.82, 2.24) is 5.32 Å². The zero-order valence-electron chi connectivity index (χ0n) is 12.5. The van der Waals surface area contributed by atoms with Crippen LogP contribution in [0.3, 0.4) is 0 Å². The van der Waals surface area contributed by atoms with Crippen LogP contribution in [0, 0.1) is 0 Å². The standard InChI is InChI=1S/C18H19NO3/c1-21-15-8-6-13(7-9-15)10-11-19-18(20)17-12-14-4-2-3-5-16(14)22-17/h2-9,17H,10-12H2,1H3,(H,19,20)/t17-/m0/s1. The van der Waals surface area contributed by atoms with Gasteiger partial charge in [-0.1, -0.05) is 30.3 Å². The maximum atomic E-state index is 12.1. The van der Waals surface area contributed by atoms with E-state index in [2.05, 4.69) is 5.32 Å². The summed E-state index contributed by atoms with van der Waals surface area (Å²) >= 11 is 0. The van der Waals surface area contributed by atoms with E-state index in [4.69, 9.17) is 9.47 Å². The first-order valence-electron chi connectivity index (χ1n) is 7.41. The Morgan fingerprint density at radius 2 is 2.00 bits per heavy atom. The number of methoxy groups -OCH3 is 1. The highest BCUT2D eigenvalue weighted by molar-refractivity contribution is 5.82. The van der Waals surface area contributed by atoms with Crippen LogP contribution in [0.1, 0.15) is 11.1 Å². The molecule has 2 aromatic rings. The molecular formula is C18H19NO3. The van der Waals surface area contributed by atoms with Crippen LogP contribution in [0.25, 0.3) is 0 Å². The molecular weight excluding hydrogens is 278 g/mol. The molecule has 4 nitrogen and oxygen atoms in total. The van der Waals surface area contributed by atoms with Crippen LogP contribution in [-0.2, 0) is 17.6 Å². The van der Waals surface area contributed by atoms with Gasteiger partial charge in [0.1, 0.15) is 11.5 Å².